The number of nitrogens with zero attached hydrogens (tertiary/aromatic N) is 1. The molecule has 0 aliphatic carbocycles. The number of benzene rings is 3. The average Bonchev–Trinajstić information content (AvgIpc) is 3.29. The van der Waals surface area contributed by atoms with E-state index in [9.17, 15) is 4.79 Å². The lowest BCUT2D eigenvalue weighted by atomic mass is 10.0. The van der Waals surface area contributed by atoms with Gasteiger partial charge in [-0.2, -0.15) is 0 Å². The van der Waals surface area contributed by atoms with Crippen molar-refractivity contribution in [3.05, 3.63) is 102 Å². The summed E-state index contributed by atoms with van der Waals surface area (Å²) >= 11 is 1.33. The zero-order chi connectivity index (χ0) is 22.2. The van der Waals surface area contributed by atoms with Crippen LogP contribution in [0.1, 0.15) is 17.3 Å². The van der Waals surface area contributed by atoms with Crippen LogP contribution in [0.5, 0.6) is 0 Å². The number of thiazole rings is 1. The lowest BCUT2D eigenvalue weighted by molar-refractivity contribution is 0.107. The van der Waals surface area contributed by atoms with Gasteiger partial charge in [0.15, 0.2) is 5.13 Å². The van der Waals surface area contributed by atoms with Gasteiger partial charge in [0.05, 0.1) is 30.6 Å². The molecule has 0 radical (unpaired) electrons. The molecule has 0 saturated carbocycles. The van der Waals surface area contributed by atoms with Crippen molar-refractivity contribution in [2.75, 3.05) is 17.2 Å². The molecular formula is C25H24N4O2S. The highest BCUT2D eigenvalue weighted by Crippen LogP contribution is 2.28. The maximum absolute atomic E-state index is 12.6. The number of urea groups is 1. The summed E-state index contributed by atoms with van der Waals surface area (Å²) in [6.07, 6.45) is 0. The maximum atomic E-state index is 12.6. The predicted octanol–water partition coefficient (Wildman–Crippen LogP) is 5.67. The number of para-hydroxylation sites is 1. The highest BCUT2D eigenvalue weighted by atomic mass is 32.1. The Labute approximate surface area is 191 Å². The number of nitrogens with two attached hydrogens (primary N) is 1. The topological polar surface area (TPSA) is 89.3 Å². The number of rotatable bonds is 8. The van der Waals surface area contributed by atoms with Gasteiger partial charge in [0, 0.05) is 10.9 Å². The molecule has 6 nitrogen and oxygen atoms in total. The Morgan fingerprint density at radius 1 is 0.938 bits per heavy atom. The lowest BCUT2D eigenvalue weighted by Gasteiger charge is -2.11. The first kappa shape index (κ1) is 21.7. The van der Waals surface area contributed by atoms with Crippen LogP contribution < -0.4 is 16.4 Å². The van der Waals surface area contributed by atoms with Gasteiger partial charge in [-0.15, -0.1) is 11.3 Å². The van der Waals surface area contributed by atoms with Crippen LogP contribution in [-0.2, 0) is 11.3 Å². The number of hydrogen-bond acceptors (Lipinski definition) is 5. The number of nitrogens with one attached hydrogen (secondary N) is 2. The Balaban J connectivity index is 1.32. The molecule has 3 aromatic carbocycles. The van der Waals surface area contributed by atoms with E-state index in [2.05, 4.69) is 15.6 Å². The van der Waals surface area contributed by atoms with Gasteiger partial charge in [-0.25, -0.2) is 9.78 Å². The van der Waals surface area contributed by atoms with Gasteiger partial charge in [0.25, 0.3) is 0 Å². The number of anilines is 2. The minimum atomic E-state index is -0.368. The second-order valence-corrected chi connectivity index (χ2v) is 8.03. The van der Waals surface area contributed by atoms with Crippen LogP contribution >= 0.6 is 11.3 Å². The number of carbonyl (C=O) groups is 1. The van der Waals surface area contributed by atoms with E-state index in [1.807, 2.05) is 90.3 Å². The van der Waals surface area contributed by atoms with Gasteiger partial charge in [0.1, 0.15) is 0 Å². The largest absolute Gasteiger partial charge is 0.375 e. The Hall–Kier alpha value is -3.52. The van der Waals surface area contributed by atoms with Crippen LogP contribution in [0.3, 0.4) is 0 Å². The van der Waals surface area contributed by atoms with Crippen molar-refractivity contribution in [2.24, 2.45) is 5.73 Å². The third-order valence-corrected chi connectivity index (χ3v) is 5.57. The molecule has 4 aromatic rings. The summed E-state index contributed by atoms with van der Waals surface area (Å²) in [6.45, 7) is 0.835. The van der Waals surface area contributed by atoms with Crippen LogP contribution in [0.15, 0.2) is 90.3 Å². The first-order valence-corrected chi connectivity index (χ1v) is 11.1. The van der Waals surface area contributed by atoms with Crippen molar-refractivity contribution in [3.8, 4) is 11.1 Å². The van der Waals surface area contributed by atoms with Gasteiger partial charge < -0.3 is 15.8 Å². The minimum absolute atomic E-state index is 0.342. The van der Waals surface area contributed by atoms with Crippen molar-refractivity contribution < 1.29 is 9.53 Å². The highest BCUT2D eigenvalue weighted by molar-refractivity contribution is 7.14. The van der Waals surface area contributed by atoms with E-state index in [0.29, 0.717) is 24.0 Å². The standard InChI is InChI=1S/C25H24N4O2S/c26-21(16-31-15-18-9-3-1-4-10-18)23-17-32-25(28-23)29-24(30)27-22-14-8-7-13-20(22)19-11-5-2-6-12-19/h1-14,17,21H,15-16,26H2,(H2,27,28,29,30). The summed E-state index contributed by atoms with van der Waals surface area (Å²) in [6, 6.07) is 26.8. The quantitative estimate of drug-likeness (QED) is 0.327. The number of amides is 2. The van der Waals surface area contributed by atoms with E-state index in [0.717, 1.165) is 22.4 Å². The summed E-state index contributed by atoms with van der Waals surface area (Å²) in [4.78, 5) is 17.0. The summed E-state index contributed by atoms with van der Waals surface area (Å²) < 4.78 is 5.70. The van der Waals surface area contributed by atoms with Gasteiger partial charge >= 0.3 is 6.03 Å². The number of carbonyl (C=O) groups excluding carboxylic acids is 1. The number of hydrogen-bond donors (Lipinski definition) is 3. The maximum Gasteiger partial charge on any atom is 0.325 e. The molecule has 0 spiro atoms. The molecule has 4 rings (SSSR count). The fourth-order valence-corrected chi connectivity index (χ4v) is 3.96. The van der Waals surface area contributed by atoms with Gasteiger partial charge in [-0.3, -0.25) is 5.32 Å². The zero-order valence-corrected chi connectivity index (χ0v) is 18.2. The fourth-order valence-electron chi connectivity index (χ4n) is 3.19. The molecule has 1 atom stereocenters. The predicted molar refractivity (Wildman–Crippen MR) is 130 cm³/mol. The average molecular weight is 445 g/mol. The zero-order valence-electron chi connectivity index (χ0n) is 17.4. The second kappa shape index (κ2) is 10.7. The second-order valence-electron chi connectivity index (χ2n) is 7.18. The van der Waals surface area contributed by atoms with E-state index in [-0.39, 0.29) is 12.1 Å². The molecule has 1 unspecified atom stereocenters. The molecule has 0 bridgehead atoms. The van der Waals surface area contributed by atoms with Crippen molar-refractivity contribution in [1.82, 2.24) is 4.98 Å². The molecule has 32 heavy (non-hydrogen) atoms. The first-order chi connectivity index (χ1) is 15.7. The molecule has 2 amide bonds. The van der Waals surface area contributed by atoms with Crippen LogP contribution in [0.25, 0.3) is 11.1 Å². The van der Waals surface area contributed by atoms with Crippen LogP contribution in [0.2, 0.25) is 0 Å². The normalized spacial score (nSPS) is 11.7. The van der Waals surface area contributed by atoms with E-state index < -0.39 is 0 Å². The smallest absolute Gasteiger partial charge is 0.325 e. The Bertz CT molecular complexity index is 1150. The van der Waals surface area contributed by atoms with Crippen molar-refractivity contribution in [1.29, 1.82) is 0 Å². The Morgan fingerprint density at radius 2 is 1.62 bits per heavy atom. The fraction of sp³-hybridized carbons (Fsp3) is 0.120. The molecule has 0 fully saturated rings. The lowest BCUT2D eigenvalue weighted by Crippen LogP contribution is -2.20. The SMILES string of the molecule is NC(COCc1ccccc1)c1csc(NC(=O)Nc2ccccc2-c2ccccc2)n1. The molecule has 1 heterocycles. The van der Waals surface area contributed by atoms with E-state index in [4.69, 9.17) is 10.5 Å². The van der Waals surface area contributed by atoms with Crippen molar-refractivity contribution in [2.45, 2.75) is 12.6 Å². The van der Waals surface area contributed by atoms with E-state index in [1.54, 1.807) is 0 Å². The Kier molecular flexibility index (Phi) is 7.24. The summed E-state index contributed by atoms with van der Waals surface area (Å²) in [5.41, 5.74) is 10.7. The molecule has 1 aromatic heterocycles. The summed E-state index contributed by atoms with van der Waals surface area (Å²) in [7, 11) is 0. The molecule has 0 aliphatic heterocycles. The Morgan fingerprint density at radius 3 is 2.41 bits per heavy atom. The van der Waals surface area contributed by atoms with Gasteiger partial charge in [-0.1, -0.05) is 78.9 Å². The number of aromatic nitrogens is 1. The summed E-state index contributed by atoms with van der Waals surface area (Å²) in [5.74, 6) is 0. The van der Waals surface area contributed by atoms with Gasteiger partial charge in [0.2, 0.25) is 0 Å². The first-order valence-electron chi connectivity index (χ1n) is 10.2. The molecule has 7 heteroatoms. The third-order valence-electron chi connectivity index (χ3n) is 4.79. The molecular weight excluding hydrogens is 420 g/mol. The minimum Gasteiger partial charge on any atom is -0.375 e. The molecule has 4 N–H and O–H groups in total. The monoisotopic (exact) mass is 444 g/mol. The summed E-state index contributed by atoms with van der Waals surface area (Å²) in [5, 5.41) is 8.01. The molecule has 0 aliphatic rings. The third kappa shape index (κ3) is 5.79. The van der Waals surface area contributed by atoms with Gasteiger partial charge in [-0.05, 0) is 17.2 Å². The van der Waals surface area contributed by atoms with E-state index >= 15 is 0 Å². The van der Waals surface area contributed by atoms with Crippen LogP contribution in [-0.4, -0.2) is 17.6 Å². The van der Waals surface area contributed by atoms with Crippen molar-refractivity contribution in [3.63, 3.8) is 0 Å². The molecule has 162 valence electrons. The molecule has 0 saturated heterocycles. The number of ether oxygens (including phenoxy) is 1. The van der Waals surface area contributed by atoms with Crippen molar-refractivity contribution >= 4 is 28.2 Å². The highest BCUT2D eigenvalue weighted by Gasteiger charge is 2.14. The van der Waals surface area contributed by atoms with E-state index in [1.165, 1.54) is 11.3 Å². The van der Waals surface area contributed by atoms with Crippen LogP contribution in [0, 0.1) is 0 Å². The van der Waals surface area contributed by atoms with Crippen LogP contribution in [0.4, 0.5) is 15.6 Å².